The molecule has 0 atom stereocenters. The van der Waals surface area contributed by atoms with Crippen LogP contribution in [0.2, 0.25) is 5.02 Å². The van der Waals surface area contributed by atoms with Crippen molar-refractivity contribution in [3.8, 4) is 35.3 Å². The van der Waals surface area contributed by atoms with Gasteiger partial charge in [-0.3, -0.25) is 9.69 Å². The molecule has 0 N–H and O–H groups in total. The standard InChI is InChI=1S/C44H38ClN5O4/c1-32-25-38(26-41(45)44(32)54-42-18-17-40(29-48-42)53-31-37-10-6-34(27-46)7-11-37)14-19-43(51)50-22-20-49(21-23-50)30-36-8-4-33(5-9-36)3-2-24-52-39-15-12-35(28-47)13-16-39/h2-19,25-26,29H,20-24,30-31H2,1H3/b3-2+,19-14+. The molecule has 0 aliphatic carbocycles. The number of ether oxygens (including phenoxy) is 3. The number of benzene rings is 4. The van der Waals surface area contributed by atoms with Crippen LogP contribution in [-0.2, 0) is 17.9 Å². The van der Waals surface area contributed by atoms with Crippen molar-refractivity contribution in [2.24, 2.45) is 0 Å². The van der Waals surface area contributed by atoms with E-state index in [1.54, 1.807) is 72.9 Å². The maximum absolute atomic E-state index is 13.1. The van der Waals surface area contributed by atoms with Gasteiger partial charge >= 0.3 is 0 Å². The van der Waals surface area contributed by atoms with Gasteiger partial charge < -0.3 is 19.1 Å². The van der Waals surface area contributed by atoms with Gasteiger partial charge in [0.05, 0.1) is 34.5 Å². The van der Waals surface area contributed by atoms with Crippen LogP contribution in [0.3, 0.4) is 0 Å². The van der Waals surface area contributed by atoms with E-state index in [-0.39, 0.29) is 5.91 Å². The molecule has 0 bridgehead atoms. The van der Waals surface area contributed by atoms with E-state index in [1.807, 2.05) is 42.2 Å². The van der Waals surface area contributed by atoms with Crippen LogP contribution in [0.4, 0.5) is 0 Å². The lowest BCUT2D eigenvalue weighted by molar-refractivity contribution is -0.127. The Labute approximate surface area is 320 Å². The third-order valence-electron chi connectivity index (χ3n) is 8.78. The molecule has 54 heavy (non-hydrogen) atoms. The molecule has 6 rings (SSSR count). The number of carbonyl (C=O) groups excluding carboxylic acids is 1. The molecule has 1 saturated heterocycles. The van der Waals surface area contributed by atoms with Gasteiger partial charge in [-0.1, -0.05) is 54.1 Å². The van der Waals surface area contributed by atoms with Crippen molar-refractivity contribution >= 4 is 29.7 Å². The van der Waals surface area contributed by atoms with Crippen LogP contribution < -0.4 is 14.2 Å². The average Bonchev–Trinajstić information content (AvgIpc) is 3.21. The number of nitriles is 2. The summed E-state index contributed by atoms with van der Waals surface area (Å²) < 4.78 is 17.5. The van der Waals surface area contributed by atoms with Crippen molar-refractivity contribution in [1.29, 1.82) is 10.5 Å². The summed E-state index contributed by atoms with van der Waals surface area (Å²) in [7, 11) is 0. The van der Waals surface area contributed by atoms with Gasteiger partial charge in [0.1, 0.15) is 24.7 Å². The van der Waals surface area contributed by atoms with Crippen LogP contribution in [-0.4, -0.2) is 53.5 Å². The van der Waals surface area contributed by atoms with E-state index < -0.39 is 0 Å². The number of pyridine rings is 1. The van der Waals surface area contributed by atoms with E-state index in [2.05, 4.69) is 46.3 Å². The Kier molecular flexibility index (Phi) is 12.7. The zero-order valence-corrected chi connectivity index (χ0v) is 30.6. The maximum atomic E-state index is 13.1. The molecule has 9 nitrogen and oxygen atoms in total. The highest BCUT2D eigenvalue weighted by Crippen LogP contribution is 2.34. The molecule has 10 heteroatoms. The van der Waals surface area contributed by atoms with Crippen LogP contribution in [0.15, 0.2) is 115 Å². The Hall–Kier alpha value is -6.39. The summed E-state index contributed by atoms with van der Waals surface area (Å²) in [6.45, 7) is 6.41. The maximum Gasteiger partial charge on any atom is 0.246 e. The molecule has 0 radical (unpaired) electrons. The molecule has 1 aliphatic rings. The number of amides is 1. The van der Waals surface area contributed by atoms with Crippen molar-refractivity contribution in [2.75, 3.05) is 32.8 Å². The lowest BCUT2D eigenvalue weighted by Gasteiger charge is -2.34. The lowest BCUT2D eigenvalue weighted by atomic mass is 10.1. The number of carbonyl (C=O) groups is 1. The lowest BCUT2D eigenvalue weighted by Crippen LogP contribution is -2.47. The number of nitrogens with zero attached hydrogens (tertiary/aromatic N) is 5. The minimum atomic E-state index is -0.0336. The number of aryl methyl sites for hydroxylation is 1. The highest BCUT2D eigenvalue weighted by atomic mass is 35.5. The quantitative estimate of drug-likeness (QED) is 0.111. The normalized spacial score (nSPS) is 13.1. The number of aromatic nitrogens is 1. The Balaban J connectivity index is 0.925. The van der Waals surface area contributed by atoms with Crippen LogP contribution in [0, 0.1) is 29.6 Å². The van der Waals surface area contributed by atoms with Crippen molar-refractivity contribution in [2.45, 2.75) is 20.1 Å². The number of rotatable bonds is 13. The number of halogens is 1. The summed E-state index contributed by atoms with van der Waals surface area (Å²) in [5, 5.41) is 18.3. The third-order valence-corrected chi connectivity index (χ3v) is 9.06. The fourth-order valence-electron chi connectivity index (χ4n) is 5.79. The summed E-state index contributed by atoms with van der Waals surface area (Å²) in [5.74, 6) is 2.14. The third kappa shape index (κ3) is 10.6. The highest BCUT2D eigenvalue weighted by molar-refractivity contribution is 6.32. The van der Waals surface area contributed by atoms with Gasteiger partial charge in [-0.05, 0) is 101 Å². The predicted molar refractivity (Wildman–Crippen MR) is 209 cm³/mol. The number of hydrogen-bond acceptors (Lipinski definition) is 8. The van der Waals surface area contributed by atoms with E-state index >= 15 is 0 Å². The molecule has 1 amide bonds. The summed E-state index contributed by atoms with van der Waals surface area (Å²) in [5.41, 5.74) is 6.08. The SMILES string of the molecule is Cc1cc(/C=C/C(=O)N2CCN(Cc3ccc(/C=C/COc4ccc(C#N)cc4)cc3)CC2)cc(Cl)c1Oc1ccc(OCc2ccc(C#N)cc2)cn1. The minimum absolute atomic E-state index is 0.0336. The predicted octanol–water partition coefficient (Wildman–Crippen LogP) is 8.61. The van der Waals surface area contributed by atoms with Crippen molar-refractivity contribution in [3.05, 3.63) is 159 Å². The summed E-state index contributed by atoms with van der Waals surface area (Å²) in [6.07, 6.45) is 8.96. The molecular weight excluding hydrogens is 698 g/mol. The fraction of sp³-hybridized carbons (Fsp3) is 0.182. The first kappa shape index (κ1) is 37.4. The summed E-state index contributed by atoms with van der Waals surface area (Å²) in [4.78, 5) is 21.6. The van der Waals surface area contributed by atoms with E-state index in [0.717, 1.165) is 47.6 Å². The van der Waals surface area contributed by atoms with Gasteiger partial charge in [0.2, 0.25) is 11.8 Å². The van der Waals surface area contributed by atoms with Gasteiger partial charge in [0, 0.05) is 44.9 Å². The molecule has 1 aromatic heterocycles. The van der Waals surface area contributed by atoms with Crippen LogP contribution in [0.5, 0.6) is 23.1 Å². The second-order valence-electron chi connectivity index (χ2n) is 12.7. The molecule has 2 heterocycles. The van der Waals surface area contributed by atoms with Crippen LogP contribution >= 0.6 is 11.6 Å². The average molecular weight is 736 g/mol. The van der Waals surface area contributed by atoms with Gasteiger partial charge in [0.15, 0.2) is 5.75 Å². The van der Waals surface area contributed by atoms with E-state index in [9.17, 15) is 4.79 Å². The van der Waals surface area contributed by atoms with Gasteiger partial charge in [-0.15, -0.1) is 0 Å². The van der Waals surface area contributed by atoms with Crippen molar-refractivity contribution in [3.63, 3.8) is 0 Å². The van der Waals surface area contributed by atoms with Crippen LogP contribution in [0.1, 0.15) is 38.9 Å². The van der Waals surface area contributed by atoms with Gasteiger partial charge in [-0.25, -0.2) is 4.98 Å². The molecule has 0 unspecified atom stereocenters. The zero-order valence-electron chi connectivity index (χ0n) is 29.8. The molecule has 270 valence electrons. The first-order chi connectivity index (χ1) is 26.3. The molecular formula is C44H38ClN5O4. The highest BCUT2D eigenvalue weighted by Gasteiger charge is 2.20. The fourth-order valence-corrected chi connectivity index (χ4v) is 6.10. The smallest absolute Gasteiger partial charge is 0.246 e. The Morgan fingerprint density at radius 2 is 1.46 bits per heavy atom. The largest absolute Gasteiger partial charge is 0.490 e. The first-order valence-electron chi connectivity index (χ1n) is 17.5. The topological polar surface area (TPSA) is 112 Å². The Morgan fingerprint density at radius 3 is 2.11 bits per heavy atom. The molecule has 4 aromatic carbocycles. The minimum Gasteiger partial charge on any atom is -0.490 e. The number of piperazine rings is 1. The van der Waals surface area contributed by atoms with E-state index in [4.69, 9.17) is 36.3 Å². The monoisotopic (exact) mass is 735 g/mol. The first-order valence-corrected chi connectivity index (χ1v) is 17.9. The Bertz CT molecular complexity index is 2160. The summed E-state index contributed by atoms with van der Waals surface area (Å²) >= 11 is 6.62. The summed E-state index contributed by atoms with van der Waals surface area (Å²) in [6, 6.07) is 34.1. The van der Waals surface area contributed by atoms with E-state index in [0.29, 0.717) is 59.8 Å². The molecule has 0 saturated carbocycles. The molecule has 5 aromatic rings. The van der Waals surface area contributed by atoms with Crippen molar-refractivity contribution < 1.29 is 19.0 Å². The molecule has 1 fully saturated rings. The molecule has 0 spiro atoms. The van der Waals surface area contributed by atoms with Gasteiger partial charge in [0.25, 0.3) is 0 Å². The molecule has 1 aliphatic heterocycles. The van der Waals surface area contributed by atoms with Crippen LogP contribution in [0.25, 0.3) is 12.2 Å². The Morgan fingerprint density at radius 1 is 0.796 bits per heavy atom. The number of hydrogen-bond donors (Lipinski definition) is 0. The van der Waals surface area contributed by atoms with E-state index in [1.165, 1.54) is 5.56 Å². The second kappa shape index (κ2) is 18.4. The second-order valence-corrected chi connectivity index (χ2v) is 13.1. The van der Waals surface area contributed by atoms with Crippen molar-refractivity contribution in [1.82, 2.24) is 14.8 Å². The van der Waals surface area contributed by atoms with Gasteiger partial charge in [-0.2, -0.15) is 10.5 Å². The zero-order chi connectivity index (χ0) is 37.7.